The molecule has 49 heavy (non-hydrogen) atoms. The highest BCUT2D eigenvalue weighted by Gasteiger charge is 2.90. The van der Waals surface area contributed by atoms with Gasteiger partial charge in [0.25, 0.3) is 5.85 Å². The van der Waals surface area contributed by atoms with Crippen LogP contribution in [0.2, 0.25) is 0 Å². The summed E-state index contributed by atoms with van der Waals surface area (Å²) in [6.07, 6.45) is -8.41. The van der Waals surface area contributed by atoms with Gasteiger partial charge in [-0.15, -0.1) is 19.7 Å². The largest absolute Gasteiger partial charge is 0.382 e. The maximum absolute atomic E-state index is 17.0. The van der Waals surface area contributed by atoms with Crippen molar-refractivity contribution in [2.24, 2.45) is 5.41 Å². The first-order valence-corrected chi connectivity index (χ1v) is 16.1. The summed E-state index contributed by atoms with van der Waals surface area (Å²) in [5.74, 6) is -5.01. The van der Waals surface area contributed by atoms with Crippen LogP contribution in [0, 0.1) is 5.41 Å². The van der Waals surface area contributed by atoms with Gasteiger partial charge in [0, 0.05) is 5.56 Å². The van der Waals surface area contributed by atoms with Crippen LogP contribution in [0.3, 0.4) is 0 Å². The molecule has 0 radical (unpaired) electrons. The second-order valence-corrected chi connectivity index (χ2v) is 11.2. The molecule has 4 nitrogen and oxygen atoms in total. The number of unbranched alkanes of at least 4 members (excludes halogenated alkanes) is 7. The lowest BCUT2D eigenvalue weighted by Crippen LogP contribution is -2.73. The van der Waals surface area contributed by atoms with E-state index in [1.165, 1.54) is 24.3 Å². The highest BCUT2D eigenvalue weighted by Crippen LogP contribution is 2.66. The molecule has 11 heteroatoms. The quantitative estimate of drug-likeness (QED) is 0.0637. The fourth-order valence-corrected chi connectivity index (χ4v) is 5.21. The Hall–Kier alpha value is -3.25. The summed E-state index contributed by atoms with van der Waals surface area (Å²) in [6.45, 7) is 16.9. The summed E-state index contributed by atoms with van der Waals surface area (Å²) in [5, 5.41) is 29.0. The third-order valence-electron chi connectivity index (χ3n) is 7.23. The summed E-state index contributed by atoms with van der Waals surface area (Å²) >= 11 is 0. The van der Waals surface area contributed by atoms with Crippen LogP contribution in [0.15, 0.2) is 92.6 Å². The molecule has 0 amide bonds. The van der Waals surface area contributed by atoms with Crippen LogP contribution >= 0.6 is 0 Å². The number of aliphatic hydroxyl groups is 3. The molecule has 0 saturated heterocycles. The molecule has 0 aliphatic rings. The number of hydrogen-bond acceptors (Lipinski definition) is 4. The number of fused-ring (bicyclic) bond motifs is 2. The van der Waals surface area contributed by atoms with Gasteiger partial charge in [-0.1, -0.05) is 113 Å². The summed E-state index contributed by atoms with van der Waals surface area (Å²) in [6, 6.07) is 12.1. The third kappa shape index (κ3) is 11.7. The monoisotopic (exact) mass is 704 g/mol. The first-order chi connectivity index (χ1) is 22.9. The molecule has 0 saturated carbocycles. The Bertz CT molecular complexity index is 1360. The Balaban J connectivity index is 0.00000230. The average molecular weight is 705 g/mol. The summed E-state index contributed by atoms with van der Waals surface area (Å²) in [5.41, 5.74) is -7.45. The van der Waals surface area contributed by atoms with E-state index in [9.17, 15) is 41.7 Å². The van der Waals surface area contributed by atoms with Crippen molar-refractivity contribution in [3.63, 3.8) is 0 Å². The summed E-state index contributed by atoms with van der Waals surface area (Å²) in [4.78, 5) is 0. The minimum Gasteiger partial charge on any atom is -0.341 e. The number of rotatable bonds is 15. The highest BCUT2D eigenvalue weighted by molar-refractivity contribution is 6.00. The zero-order chi connectivity index (χ0) is 37.9. The number of ether oxygens (including phenoxy) is 1. The molecule has 3 N–H and O–H groups in total. The molecule has 0 aliphatic carbocycles. The second-order valence-electron chi connectivity index (χ2n) is 11.2. The lowest BCUT2D eigenvalue weighted by molar-refractivity contribution is -0.533. The van der Waals surface area contributed by atoms with E-state index in [1.54, 1.807) is 36.4 Å². The van der Waals surface area contributed by atoms with Crippen LogP contribution < -0.4 is 0 Å². The Labute approximate surface area is 285 Å². The Kier molecular flexibility index (Phi) is 19.7. The van der Waals surface area contributed by atoms with Gasteiger partial charge in [0.1, 0.15) is 0 Å². The molecule has 3 aromatic carbocycles. The average Bonchev–Trinajstić information content (AvgIpc) is 2.98. The second kappa shape index (κ2) is 21.1. The molecule has 276 valence electrons. The zero-order valence-corrected chi connectivity index (χ0v) is 28.8. The minimum atomic E-state index is -6.41. The molecule has 0 heterocycles. The molecule has 3 aromatic rings. The van der Waals surface area contributed by atoms with Gasteiger partial charge in [-0.3, -0.25) is 0 Å². The van der Waals surface area contributed by atoms with Gasteiger partial charge < -0.3 is 20.1 Å². The molecular formula is C38H51F7O4. The predicted octanol–water partition coefficient (Wildman–Crippen LogP) is 11.6. The third-order valence-corrected chi connectivity index (χ3v) is 7.23. The maximum atomic E-state index is 17.0. The van der Waals surface area contributed by atoms with Crippen molar-refractivity contribution in [3.05, 3.63) is 98.1 Å². The molecule has 0 bridgehead atoms. The van der Waals surface area contributed by atoms with Gasteiger partial charge in [0.2, 0.25) is 0 Å². The number of allylic oxidation sites excluding steroid dienone is 3. The molecule has 0 aromatic heterocycles. The van der Waals surface area contributed by atoms with Crippen molar-refractivity contribution in [2.75, 3.05) is 6.61 Å². The van der Waals surface area contributed by atoms with Crippen LogP contribution in [0.25, 0.3) is 21.5 Å². The summed E-state index contributed by atoms with van der Waals surface area (Å²) in [7, 11) is 0. The molecule has 0 fully saturated rings. The van der Waals surface area contributed by atoms with Crippen molar-refractivity contribution < 1.29 is 50.8 Å². The van der Waals surface area contributed by atoms with E-state index in [0.717, 1.165) is 38.2 Å². The van der Waals surface area contributed by atoms with Crippen molar-refractivity contribution in [2.45, 2.75) is 103 Å². The van der Waals surface area contributed by atoms with Gasteiger partial charge in [-0.25, -0.2) is 4.39 Å². The highest BCUT2D eigenvalue weighted by atomic mass is 19.3. The Morgan fingerprint density at radius 1 is 0.592 bits per heavy atom. The van der Waals surface area contributed by atoms with Gasteiger partial charge in [-0.2, -0.15) is 26.3 Å². The lowest BCUT2D eigenvalue weighted by Gasteiger charge is -2.49. The van der Waals surface area contributed by atoms with Gasteiger partial charge in [0.05, 0.1) is 6.61 Å². The van der Waals surface area contributed by atoms with Crippen LogP contribution in [0.5, 0.6) is 0 Å². The normalized spacial score (nSPS) is 13.1. The van der Waals surface area contributed by atoms with Crippen LogP contribution in [-0.4, -0.2) is 40.3 Å². The van der Waals surface area contributed by atoms with Crippen LogP contribution in [0.4, 0.5) is 30.7 Å². The number of alkyl halides is 7. The molecule has 0 aliphatic heterocycles. The van der Waals surface area contributed by atoms with Gasteiger partial charge in [0.15, 0.2) is 0 Å². The maximum Gasteiger partial charge on any atom is 0.382 e. The van der Waals surface area contributed by atoms with E-state index >= 15 is 4.39 Å². The standard InChI is InChI=1S/C29H33F7O4.3C3H6/c1-2-3-4-5-6-7-8-11-17-40-25(30,26(27(31,32)37,28(33,34)38)29(35,36)39)24-16-12-15-22-18-20-13-9-10-14-21(20)19-23(22)24;3*1-3-2/h9-10,12-16,18-19,37-39H,2-8,11,17H2,1H3;3*3H,1H2,2H3. The van der Waals surface area contributed by atoms with Crippen molar-refractivity contribution >= 4 is 21.5 Å². The number of hydrogen-bond donors (Lipinski definition) is 3. The number of halogens is 7. The predicted molar refractivity (Wildman–Crippen MR) is 184 cm³/mol. The SMILES string of the molecule is C=CC.C=CC.C=CC.CCCCCCCCCCOC(F)(c1cccc2cc3ccccc3cc12)C(C(O)(F)F)(C(O)(F)F)C(O)(F)F. The molecule has 1 unspecified atom stereocenters. The van der Waals surface area contributed by atoms with Crippen molar-refractivity contribution in [1.82, 2.24) is 0 Å². The van der Waals surface area contributed by atoms with Crippen LogP contribution in [-0.2, 0) is 10.6 Å². The van der Waals surface area contributed by atoms with E-state index in [0.29, 0.717) is 29.7 Å². The van der Waals surface area contributed by atoms with Gasteiger partial charge in [-0.05, 0) is 60.9 Å². The van der Waals surface area contributed by atoms with E-state index < -0.39 is 41.8 Å². The van der Waals surface area contributed by atoms with E-state index in [-0.39, 0.29) is 17.2 Å². The molecule has 3 rings (SSSR count). The smallest absolute Gasteiger partial charge is 0.341 e. The Morgan fingerprint density at radius 3 is 1.41 bits per heavy atom. The number of benzene rings is 3. The lowest BCUT2D eigenvalue weighted by atomic mass is 9.71. The van der Waals surface area contributed by atoms with E-state index in [2.05, 4.69) is 19.7 Å². The first-order valence-electron chi connectivity index (χ1n) is 16.1. The minimum absolute atomic E-state index is 0.0755. The zero-order valence-electron chi connectivity index (χ0n) is 28.8. The fourth-order valence-electron chi connectivity index (χ4n) is 5.21. The topological polar surface area (TPSA) is 69.9 Å². The molecule has 1 atom stereocenters. The van der Waals surface area contributed by atoms with Crippen LogP contribution in [0.1, 0.15) is 84.6 Å². The first kappa shape index (κ1) is 45.8. The fraction of sp³-hybridized carbons (Fsp3) is 0.474. The van der Waals surface area contributed by atoms with E-state index in [4.69, 9.17) is 4.74 Å². The summed E-state index contributed by atoms with van der Waals surface area (Å²) < 4.78 is 109. The van der Waals surface area contributed by atoms with E-state index in [1.807, 2.05) is 27.7 Å². The molecule has 0 spiro atoms. The van der Waals surface area contributed by atoms with Crippen molar-refractivity contribution in [1.29, 1.82) is 0 Å². The van der Waals surface area contributed by atoms with Crippen molar-refractivity contribution in [3.8, 4) is 0 Å². The molecular weight excluding hydrogens is 653 g/mol. The van der Waals surface area contributed by atoms with Gasteiger partial charge >= 0.3 is 23.7 Å². The Morgan fingerprint density at radius 2 is 0.980 bits per heavy atom.